The molecule has 132 valence electrons. The Morgan fingerprint density at radius 1 is 1.42 bits per heavy atom. The SMILES string of the molecule is COc1cc([N+](=O)[O-])c(C(=O)NC2(C)CCC(C)CC2)cc1SC. The number of nitrogens with one attached hydrogen (secondary N) is 1. The van der Waals surface area contributed by atoms with Crippen molar-refractivity contribution >= 4 is 23.4 Å². The summed E-state index contributed by atoms with van der Waals surface area (Å²) in [4.78, 5) is 24.3. The quantitative estimate of drug-likeness (QED) is 0.492. The smallest absolute Gasteiger partial charge is 0.285 e. The van der Waals surface area contributed by atoms with Crippen molar-refractivity contribution in [1.29, 1.82) is 0 Å². The maximum atomic E-state index is 12.7. The second-order valence-corrected chi connectivity index (χ2v) is 7.53. The lowest BCUT2D eigenvalue weighted by Crippen LogP contribution is -2.48. The van der Waals surface area contributed by atoms with Crippen LogP contribution < -0.4 is 10.1 Å². The maximum Gasteiger partial charge on any atom is 0.285 e. The summed E-state index contributed by atoms with van der Waals surface area (Å²) < 4.78 is 5.19. The highest BCUT2D eigenvalue weighted by molar-refractivity contribution is 7.98. The Labute approximate surface area is 146 Å². The van der Waals surface area contributed by atoms with Crippen molar-refractivity contribution in [3.05, 3.63) is 27.8 Å². The van der Waals surface area contributed by atoms with Gasteiger partial charge in [-0.2, -0.15) is 0 Å². The first kappa shape index (κ1) is 18.6. The molecular formula is C17H24N2O4S. The molecule has 0 atom stereocenters. The largest absolute Gasteiger partial charge is 0.495 e. The van der Waals surface area contributed by atoms with Crippen molar-refractivity contribution < 1.29 is 14.5 Å². The molecule has 0 radical (unpaired) electrons. The van der Waals surface area contributed by atoms with E-state index in [2.05, 4.69) is 12.2 Å². The molecule has 0 saturated heterocycles. The summed E-state index contributed by atoms with van der Waals surface area (Å²) in [5, 5.41) is 14.4. The molecule has 0 unspecified atom stereocenters. The summed E-state index contributed by atoms with van der Waals surface area (Å²) >= 11 is 1.39. The molecular weight excluding hydrogens is 328 g/mol. The van der Waals surface area contributed by atoms with Crippen LogP contribution in [-0.4, -0.2) is 29.7 Å². The van der Waals surface area contributed by atoms with Gasteiger partial charge in [0.25, 0.3) is 11.6 Å². The van der Waals surface area contributed by atoms with Crippen molar-refractivity contribution in [2.75, 3.05) is 13.4 Å². The number of methoxy groups -OCH3 is 1. The number of rotatable bonds is 5. The Morgan fingerprint density at radius 2 is 2.04 bits per heavy atom. The zero-order valence-corrected chi connectivity index (χ0v) is 15.4. The van der Waals surface area contributed by atoms with E-state index in [0.717, 1.165) is 25.7 Å². The molecule has 1 aromatic rings. The van der Waals surface area contributed by atoms with E-state index in [-0.39, 0.29) is 16.8 Å². The number of ether oxygens (including phenoxy) is 1. The van der Waals surface area contributed by atoms with E-state index < -0.39 is 10.8 Å². The van der Waals surface area contributed by atoms with Gasteiger partial charge in [-0.25, -0.2) is 0 Å². The second-order valence-electron chi connectivity index (χ2n) is 6.68. The Bertz CT molecular complexity index is 640. The molecule has 1 fully saturated rings. The number of carbonyl (C=O) groups excluding carboxylic acids is 1. The first-order valence-electron chi connectivity index (χ1n) is 8.02. The van der Waals surface area contributed by atoms with Crippen LogP contribution in [0, 0.1) is 16.0 Å². The lowest BCUT2D eigenvalue weighted by molar-refractivity contribution is -0.385. The summed E-state index contributed by atoms with van der Waals surface area (Å²) in [6.45, 7) is 4.22. The lowest BCUT2D eigenvalue weighted by Gasteiger charge is -2.37. The first-order chi connectivity index (χ1) is 11.3. The Morgan fingerprint density at radius 3 is 2.54 bits per heavy atom. The van der Waals surface area contributed by atoms with Crippen LogP contribution in [0.1, 0.15) is 49.9 Å². The number of hydrogen-bond acceptors (Lipinski definition) is 5. The molecule has 24 heavy (non-hydrogen) atoms. The van der Waals surface area contributed by atoms with Crippen molar-refractivity contribution in [2.24, 2.45) is 5.92 Å². The number of nitro benzene ring substituents is 1. The number of amides is 1. The van der Waals surface area contributed by atoms with Crippen LogP contribution in [0.5, 0.6) is 5.75 Å². The second kappa shape index (κ2) is 7.42. The minimum absolute atomic E-state index is 0.0880. The van der Waals surface area contributed by atoms with E-state index in [4.69, 9.17) is 4.74 Å². The van der Waals surface area contributed by atoms with E-state index >= 15 is 0 Å². The zero-order chi connectivity index (χ0) is 17.9. The Hall–Kier alpha value is -1.76. The van der Waals surface area contributed by atoms with Crippen LogP contribution in [0.4, 0.5) is 5.69 Å². The van der Waals surface area contributed by atoms with Gasteiger partial charge in [0.2, 0.25) is 0 Å². The number of carbonyl (C=O) groups is 1. The minimum atomic E-state index is -0.535. The summed E-state index contributed by atoms with van der Waals surface area (Å²) in [6.07, 6.45) is 5.72. The third-order valence-corrected chi connectivity index (χ3v) is 5.50. The molecule has 6 nitrogen and oxygen atoms in total. The van der Waals surface area contributed by atoms with E-state index in [1.54, 1.807) is 6.07 Å². The molecule has 1 saturated carbocycles. The Kier molecular flexibility index (Phi) is 5.74. The van der Waals surface area contributed by atoms with Gasteiger partial charge in [-0.05, 0) is 50.8 Å². The Balaban J connectivity index is 2.32. The van der Waals surface area contributed by atoms with Gasteiger partial charge in [-0.15, -0.1) is 11.8 Å². The molecule has 1 aliphatic rings. The van der Waals surface area contributed by atoms with Gasteiger partial charge < -0.3 is 10.1 Å². The number of hydrogen-bond donors (Lipinski definition) is 1. The predicted molar refractivity (Wildman–Crippen MR) is 94.9 cm³/mol. The summed E-state index contributed by atoms with van der Waals surface area (Å²) in [5.74, 6) is 0.675. The third-order valence-electron chi connectivity index (χ3n) is 4.74. The highest BCUT2D eigenvalue weighted by Gasteiger charge is 2.33. The van der Waals surface area contributed by atoms with Gasteiger partial charge >= 0.3 is 0 Å². The fourth-order valence-electron chi connectivity index (χ4n) is 3.07. The first-order valence-corrected chi connectivity index (χ1v) is 9.25. The van der Waals surface area contributed by atoms with Crippen molar-refractivity contribution in [2.45, 2.75) is 50.0 Å². The molecule has 2 rings (SSSR count). The van der Waals surface area contributed by atoms with Gasteiger partial charge in [-0.3, -0.25) is 14.9 Å². The predicted octanol–water partition coefficient (Wildman–Crippen LogP) is 4.02. The summed E-state index contributed by atoms with van der Waals surface area (Å²) in [7, 11) is 1.46. The number of thioether (sulfide) groups is 1. The highest BCUT2D eigenvalue weighted by atomic mass is 32.2. The van der Waals surface area contributed by atoms with Crippen LogP contribution in [0.25, 0.3) is 0 Å². The van der Waals surface area contributed by atoms with Crippen LogP contribution in [0.2, 0.25) is 0 Å². The highest BCUT2D eigenvalue weighted by Crippen LogP contribution is 2.36. The van der Waals surface area contributed by atoms with E-state index in [0.29, 0.717) is 16.6 Å². The molecule has 7 heteroatoms. The van der Waals surface area contributed by atoms with Crippen LogP contribution in [-0.2, 0) is 0 Å². The van der Waals surface area contributed by atoms with Gasteiger partial charge in [0.15, 0.2) is 0 Å². The van der Waals surface area contributed by atoms with Crippen molar-refractivity contribution in [3.63, 3.8) is 0 Å². The fourth-order valence-corrected chi connectivity index (χ4v) is 3.65. The molecule has 1 aromatic carbocycles. The molecule has 0 aromatic heterocycles. The third kappa shape index (κ3) is 4.01. The number of nitro groups is 1. The standard InChI is InChI=1S/C17H24N2O4S/c1-11-5-7-17(2,8-6-11)18-16(20)12-9-15(24-4)14(23-3)10-13(12)19(21)22/h9-11H,5-8H2,1-4H3,(H,18,20). The van der Waals surface area contributed by atoms with Crippen LogP contribution in [0.15, 0.2) is 17.0 Å². The topological polar surface area (TPSA) is 81.5 Å². The van der Waals surface area contributed by atoms with E-state index in [1.165, 1.54) is 24.9 Å². The lowest BCUT2D eigenvalue weighted by atomic mass is 9.78. The average Bonchev–Trinajstić information content (AvgIpc) is 2.56. The van der Waals surface area contributed by atoms with E-state index in [9.17, 15) is 14.9 Å². The minimum Gasteiger partial charge on any atom is -0.495 e. The molecule has 1 N–H and O–H groups in total. The van der Waals surface area contributed by atoms with Gasteiger partial charge in [-0.1, -0.05) is 6.92 Å². The fraction of sp³-hybridized carbons (Fsp3) is 0.588. The molecule has 1 amide bonds. The van der Waals surface area contributed by atoms with Crippen molar-refractivity contribution in [1.82, 2.24) is 5.32 Å². The number of benzene rings is 1. The summed E-state index contributed by atoms with van der Waals surface area (Å²) in [5.41, 5.74) is -0.448. The van der Waals surface area contributed by atoms with Crippen molar-refractivity contribution in [3.8, 4) is 5.75 Å². The molecule has 0 spiro atoms. The zero-order valence-electron chi connectivity index (χ0n) is 14.5. The van der Waals surface area contributed by atoms with E-state index in [1.807, 2.05) is 13.2 Å². The van der Waals surface area contributed by atoms with Gasteiger partial charge in [0.1, 0.15) is 11.3 Å². The normalized spacial score (nSPS) is 23.6. The van der Waals surface area contributed by atoms with Crippen LogP contribution >= 0.6 is 11.8 Å². The average molecular weight is 352 g/mol. The van der Waals surface area contributed by atoms with Gasteiger partial charge in [0, 0.05) is 5.54 Å². The van der Waals surface area contributed by atoms with Crippen LogP contribution in [0.3, 0.4) is 0 Å². The molecule has 0 aliphatic heterocycles. The molecule has 0 bridgehead atoms. The molecule has 0 heterocycles. The number of nitrogens with zero attached hydrogens (tertiary/aromatic N) is 1. The maximum absolute atomic E-state index is 12.7. The summed E-state index contributed by atoms with van der Waals surface area (Å²) in [6, 6.07) is 2.87. The molecule has 1 aliphatic carbocycles. The van der Waals surface area contributed by atoms with Gasteiger partial charge in [0.05, 0.1) is 23.0 Å². The monoisotopic (exact) mass is 352 g/mol.